The average molecular weight is 426 g/mol. The lowest BCUT2D eigenvalue weighted by Gasteiger charge is -2.09. The molecule has 0 atom stereocenters. The summed E-state index contributed by atoms with van der Waals surface area (Å²) in [6.07, 6.45) is 1.18. The van der Waals surface area contributed by atoms with Gasteiger partial charge in [0, 0.05) is 22.9 Å². The van der Waals surface area contributed by atoms with E-state index in [1.54, 1.807) is 24.3 Å². The van der Waals surface area contributed by atoms with Crippen LogP contribution in [0.4, 0.5) is 11.5 Å². The molecule has 30 heavy (non-hydrogen) atoms. The molecule has 0 unspecified atom stereocenters. The summed E-state index contributed by atoms with van der Waals surface area (Å²) in [5, 5.41) is 2.67. The Balaban J connectivity index is 1.70. The first kappa shape index (κ1) is 20.9. The van der Waals surface area contributed by atoms with Crippen LogP contribution < -0.4 is 14.8 Å². The van der Waals surface area contributed by atoms with Crippen molar-refractivity contribution in [3.05, 3.63) is 72.1 Å². The Morgan fingerprint density at radius 2 is 1.57 bits per heavy atom. The first-order valence-corrected chi connectivity index (χ1v) is 10.2. The Bertz CT molecular complexity index is 1180. The second kappa shape index (κ2) is 8.70. The number of benzene rings is 2. The number of sulfonamides is 1. The lowest BCUT2D eigenvalue weighted by Crippen LogP contribution is -2.15. The highest BCUT2D eigenvalue weighted by atomic mass is 32.2. The van der Waals surface area contributed by atoms with Crippen molar-refractivity contribution in [1.82, 2.24) is 9.97 Å². The maximum Gasteiger partial charge on any atom is 0.263 e. The molecule has 0 bridgehead atoms. The topological polar surface area (TPSA) is 127 Å². The van der Waals surface area contributed by atoms with Gasteiger partial charge in [0.05, 0.1) is 12.0 Å². The summed E-state index contributed by atoms with van der Waals surface area (Å²) in [7, 11) is -2.48. The van der Waals surface area contributed by atoms with Crippen molar-refractivity contribution in [2.24, 2.45) is 0 Å². The van der Waals surface area contributed by atoms with Crippen LogP contribution in [0.5, 0.6) is 5.88 Å². The van der Waals surface area contributed by atoms with E-state index in [9.17, 15) is 18.0 Å². The van der Waals surface area contributed by atoms with Gasteiger partial charge in [-0.1, -0.05) is 12.1 Å². The van der Waals surface area contributed by atoms with Crippen molar-refractivity contribution in [1.29, 1.82) is 0 Å². The Morgan fingerprint density at radius 1 is 0.933 bits per heavy atom. The molecular formula is C20H18N4O5S. The van der Waals surface area contributed by atoms with Crippen molar-refractivity contribution >= 4 is 33.2 Å². The fourth-order valence-corrected chi connectivity index (χ4v) is 3.48. The third kappa shape index (κ3) is 4.97. The van der Waals surface area contributed by atoms with Crippen LogP contribution in [0.15, 0.2) is 65.8 Å². The first-order valence-electron chi connectivity index (χ1n) is 8.70. The number of ether oxygens (including phenoxy) is 1. The Labute approximate surface area is 173 Å². The van der Waals surface area contributed by atoms with Crippen LogP contribution in [0.3, 0.4) is 0 Å². The van der Waals surface area contributed by atoms with E-state index in [0.717, 1.165) is 0 Å². The summed E-state index contributed by atoms with van der Waals surface area (Å²) < 4.78 is 32.3. The number of ketones is 1. The summed E-state index contributed by atoms with van der Waals surface area (Å²) in [5.41, 5.74) is 1.30. The van der Waals surface area contributed by atoms with Gasteiger partial charge in [0.2, 0.25) is 5.88 Å². The summed E-state index contributed by atoms with van der Waals surface area (Å²) in [6, 6.07) is 13.2. The molecule has 1 aromatic heterocycles. The van der Waals surface area contributed by atoms with E-state index in [-0.39, 0.29) is 28.3 Å². The minimum absolute atomic E-state index is 0.0103. The zero-order valence-corrected chi connectivity index (χ0v) is 16.9. The van der Waals surface area contributed by atoms with Gasteiger partial charge in [-0.15, -0.1) is 0 Å². The molecule has 0 spiro atoms. The van der Waals surface area contributed by atoms with Crippen LogP contribution in [0.2, 0.25) is 0 Å². The zero-order chi connectivity index (χ0) is 21.7. The van der Waals surface area contributed by atoms with E-state index >= 15 is 0 Å². The van der Waals surface area contributed by atoms with Gasteiger partial charge in [-0.3, -0.25) is 14.3 Å². The smallest absolute Gasteiger partial charge is 0.263 e. The lowest BCUT2D eigenvalue weighted by atomic mass is 10.1. The molecule has 2 N–H and O–H groups in total. The van der Waals surface area contributed by atoms with Gasteiger partial charge < -0.3 is 10.1 Å². The van der Waals surface area contributed by atoms with Crippen LogP contribution in [-0.2, 0) is 10.0 Å². The maximum atomic E-state index is 12.5. The van der Waals surface area contributed by atoms with Gasteiger partial charge in [0.1, 0.15) is 12.1 Å². The number of hydrogen-bond acceptors (Lipinski definition) is 7. The summed E-state index contributed by atoms with van der Waals surface area (Å²) >= 11 is 0. The fourth-order valence-electron chi connectivity index (χ4n) is 2.48. The largest absolute Gasteiger partial charge is 0.481 e. The number of aromatic nitrogens is 2. The van der Waals surface area contributed by atoms with E-state index in [0.29, 0.717) is 16.8 Å². The molecule has 0 fully saturated rings. The van der Waals surface area contributed by atoms with Gasteiger partial charge in [0.15, 0.2) is 5.78 Å². The van der Waals surface area contributed by atoms with E-state index in [4.69, 9.17) is 4.74 Å². The zero-order valence-electron chi connectivity index (χ0n) is 16.1. The predicted molar refractivity (Wildman–Crippen MR) is 110 cm³/mol. The van der Waals surface area contributed by atoms with Crippen molar-refractivity contribution in [3.63, 3.8) is 0 Å². The number of nitrogens with zero attached hydrogens (tertiary/aromatic N) is 2. The SMILES string of the molecule is COc1cc(NS(=O)(=O)c2ccc(NC(=O)c3ccc(C(C)=O)cc3)cc2)ncn1. The number of methoxy groups -OCH3 is 1. The fraction of sp³-hybridized carbons (Fsp3) is 0.100. The molecule has 10 heteroatoms. The van der Waals surface area contributed by atoms with E-state index < -0.39 is 10.0 Å². The van der Waals surface area contributed by atoms with E-state index in [2.05, 4.69) is 20.0 Å². The average Bonchev–Trinajstić information content (AvgIpc) is 2.74. The van der Waals surface area contributed by atoms with Crippen LogP contribution >= 0.6 is 0 Å². The minimum atomic E-state index is -3.89. The highest BCUT2D eigenvalue weighted by Gasteiger charge is 2.16. The molecule has 0 aliphatic heterocycles. The summed E-state index contributed by atoms with van der Waals surface area (Å²) in [4.78, 5) is 31.3. The molecular weight excluding hydrogens is 408 g/mol. The summed E-state index contributed by atoms with van der Waals surface area (Å²) in [6.45, 7) is 1.45. The molecule has 154 valence electrons. The predicted octanol–water partition coefficient (Wildman–Crippen LogP) is 2.74. The third-order valence-electron chi connectivity index (χ3n) is 4.07. The van der Waals surface area contributed by atoms with Gasteiger partial charge >= 0.3 is 0 Å². The first-order chi connectivity index (χ1) is 14.3. The van der Waals surface area contributed by atoms with Crippen molar-refractivity contribution in [3.8, 4) is 5.88 Å². The van der Waals surface area contributed by atoms with Crippen LogP contribution in [-0.4, -0.2) is 37.2 Å². The van der Waals surface area contributed by atoms with E-state index in [1.165, 1.54) is 50.7 Å². The molecule has 3 rings (SSSR count). The van der Waals surface area contributed by atoms with Crippen LogP contribution in [0.25, 0.3) is 0 Å². The van der Waals surface area contributed by atoms with Gasteiger partial charge in [-0.05, 0) is 43.3 Å². The third-order valence-corrected chi connectivity index (χ3v) is 5.44. The number of carbonyl (C=O) groups is 2. The van der Waals surface area contributed by atoms with Gasteiger partial charge in [0.25, 0.3) is 15.9 Å². The van der Waals surface area contributed by atoms with Crippen molar-refractivity contribution < 1.29 is 22.7 Å². The number of nitrogens with one attached hydrogen (secondary N) is 2. The second-order valence-electron chi connectivity index (χ2n) is 6.16. The number of carbonyl (C=O) groups excluding carboxylic acids is 2. The molecule has 0 aliphatic rings. The minimum Gasteiger partial charge on any atom is -0.481 e. The van der Waals surface area contributed by atoms with Crippen LogP contribution in [0.1, 0.15) is 27.6 Å². The maximum absolute atomic E-state index is 12.5. The molecule has 0 aliphatic carbocycles. The number of anilines is 2. The normalized spacial score (nSPS) is 10.9. The standard InChI is InChI=1S/C20H18N4O5S/c1-13(25)14-3-5-15(6-4-14)20(26)23-16-7-9-17(10-8-16)30(27,28)24-18-11-19(29-2)22-12-21-18/h3-12H,1-2H3,(H,23,26)(H,21,22,24). The molecule has 0 saturated heterocycles. The lowest BCUT2D eigenvalue weighted by molar-refractivity contribution is 0.101. The van der Waals surface area contributed by atoms with Crippen LogP contribution in [0, 0.1) is 0 Å². The Kier molecular flexibility index (Phi) is 6.07. The molecule has 1 heterocycles. The van der Waals surface area contributed by atoms with Gasteiger partial charge in [-0.2, -0.15) is 0 Å². The number of rotatable bonds is 7. The summed E-state index contributed by atoms with van der Waals surface area (Å²) in [5.74, 6) is -0.190. The molecule has 0 radical (unpaired) electrons. The molecule has 1 amide bonds. The van der Waals surface area contributed by atoms with Gasteiger partial charge in [-0.25, -0.2) is 18.4 Å². The number of amides is 1. The molecule has 0 saturated carbocycles. The van der Waals surface area contributed by atoms with E-state index in [1.807, 2.05) is 0 Å². The number of hydrogen-bond donors (Lipinski definition) is 2. The van der Waals surface area contributed by atoms with Crippen molar-refractivity contribution in [2.75, 3.05) is 17.1 Å². The molecule has 3 aromatic rings. The quantitative estimate of drug-likeness (QED) is 0.556. The molecule has 9 nitrogen and oxygen atoms in total. The Morgan fingerprint density at radius 3 is 2.17 bits per heavy atom. The highest BCUT2D eigenvalue weighted by molar-refractivity contribution is 7.92. The van der Waals surface area contributed by atoms with Crippen molar-refractivity contribution in [2.45, 2.75) is 11.8 Å². The number of Topliss-reactive ketones (excluding diaryl/α,β-unsaturated/α-hetero) is 1. The molecule has 2 aromatic carbocycles. The Hall–Kier alpha value is -3.79. The monoisotopic (exact) mass is 426 g/mol. The second-order valence-corrected chi connectivity index (χ2v) is 7.85. The highest BCUT2D eigenvalue weighted by Crippen LogP contribution is 2.19.